The van der Waals surface area contributed by atoms with Crippen molar-refractivity contribution in [2.24, 2.45) is 5.92 Å². The second-order valence-corrected chi connectivity index (χ2v) is 19.5. The van der Waals surface area contributed by atoms with Crippen molar-refractivity contribution in [2.45, 2.75) is 90.0 Å². The van der Waals surface area contributed by atoms with E-state index in [2.05, 4.69) is 53.6 Å². The third-order valence-electron chi connectivity index (χ3n) is 4.95. The smallest absolute Gasteiger partial charge is 0.481 e. The molecular formula is C20H41LiO4Si2. The molecular weight excluding hydrogens is 367 g/mol. The molecule has 2 N–H and O–H groups in total. The van der Waals surface area contributed by atoms with Crippen LogP contribution in [0.3, 0.4) is 0 Å². The molecule has 0 aromatic carbocycles. The number of aliphatic hydroxyl groups excluding tert-OH is 1. The van der Waals surface area contributed by atoms with Crippen molar-refractivity contribution in [3.63, 3.8) is 0 Å². The maximum Gasteiger partial charge on any atom is 1.00 e. The molecule has 154 valence electrons. The molecule has 0 spiro atoms. The van der Waals surface area contributed by atoms with Gasteiger partial charge in [-0.3, -0.25) is 4.79 Å². The molecule has 27 heavy (non-hydrogen) atoms. The van der Waals surface area contributed by atoms with E-state index in [0.29, 0.717) is 0 Å². The summed E-state index contributed by atoms with van der Waals surface area (Å²) in [6.45, 7) is 22.3. The zero-order valence-electron chi connectivity index (χ0n) is 19.3. The molecule has 0 radical (unpaired) electrons. The molecule has 0 aliphatic rings. The van der Waals surface area contributed by atoms with Gasteiger partial charge in [0, 0.05) is 5.54 Å². The van der Waals surface area contributed by atoms with Crippen LogP contribution in [-0.2, 0) is 9.22 Å². The normalized spacial score (nSPS) is 15.3. The summed E-state index contributed by atoms with van der Waals surface area (Å²) in [4.78, 5) is 11.6. The summed E-state index contributed by atoms with van der Waals surface area (Å²) < 4.78 is 5.97. The number of carboxylic acid groups (broad SMARTS) is 1. The van der Waals surface area contributed by atoms with Gasteiger partial charge in [-0.25, -0.2) is 0 Å². The monoisotopic (exact) mass is 408 g/mol. The van der Waals surface area contributed by atoms with E-state index < -0.39 is 39.9 Å². The summed E-state index contributed by atoms with van der Waals surface area (Å²) in [6.07, 6.45) is 6.76. The van der Waals surface area contributed by atoms with E-state index >= 15 is 0 Å². The Morgan fingerprint density at radius 1 is 1.22 bits per heavy atom. The van der Waals surface area contributed by atoms with Gasteiger partial charge in [-0.05, 0) is 18.1 Å². The minimum absolute atomic E-state index is 0. The molecule has 0 aliphatic carbocycles. The first-order chi connectivity index (χ1) is 11.6. The van der Waals surface area contributed by atoms with E-state index in [1.165, 1.54) is 6.42 Å². The van der Waals surface area contributed by atoms with E-state index in [0.717, 1.165) is 6.42 Å². The first-order valence-electron chi connectivity index (χ1n) is 9.37. The van der Waals surface area contributed by atoms with Crippen molar-refractivity contribution in [1.29, 1.82) is 0 Å². The third kappa shape index (κ3) is 11.5. The number of terminal acetylenes is 1. The van der Waals surface area contributed by atoms with Gasteiger partial charge in [0.1, 0.15) is 0 Å². The number of carbonyl (C=O) groups is 1. The Balaban J connectivity index is -0.00000104. The van der Waals surface area contributed by atoms with Crippen molar-refractivity contribution in [3.8, 4) is 12.3 Å². The van der Waals surface area contributed by atoms with Crippen molar-refractivity contribution >= 4 is 22.4 Å². The second-order valence-electron chi connectivity index (χ2n) is 9.37. The number of hydrogen-bond donors (Lipinski definition) is 2. The van der Waals surface area contributed by atoms with E-state index in [1.807, 2.05) is 19.6 Å². The minimum atomic E-state index is -2.03. The fourth-order valence-electron chi connectivity index (χ4n) is 2.04. The van der Waals surface area contributed by atoms with Gasteiger partial charge in [0.05, 0.1) is 26.7 Å². The van der Waals surface area contributed by atoms with Gasteiger partial charge < -0.3 is 21.6 Å². The second kappa shape index (κ2) is 13.2. The van der Waals surface area contributed by atoms with Crippen LogP contribution >= 0.6 is 0 Å². The number of aliphatic carboxylic acids is 1. The van der Waals surface area contributed by atoms with Gasteiger partial charge in [0.15, 0.2) is 8.32 Å². The zero-order valence-corrected chi connectivity index (χ0v) is 21.3. The Bertz CT molecular complexity index is 460. The molecule has 3 atom stereocenters. The molecule has 0 amide bonds. The summed E-state index contributed by atoms with van der Waals surface area (Å²) in [5.74, 6) is 0.593. The van der Waals surface area contributed by atoms with Crippen LogP contribution < -0.4 is 18.9 Å². The van der Waals surface area contributed by atoms with E-state index in [9.17, 15) is 15.0 Å². The standard InChI is InChI=1S/C16H32O4Si2.C4H9.Li/c1-10-13(21(5,6)7)14(15(18)19)12(17)11-20-22(8,9)16(2,3)4;1-3-4-2;/h1,12-14,17H,11H2,2-9H3,(H,18,19);1,3-4H2,2H3;/q;-1;+1/t12-,13?,14+;;/m0../s1. The van der Waals surface area contributed by atoms with Gasteiger partial charge in [0.25, 0.3) is 0 Å². The number of aliphatic hydroxyl groups is 1. The largest absolute Gasteiger partial charge is 1.00 e. The van der Waals surface area contributed by atoms with Crippen LogP contribution in [0.1, 0.15) is 40.5 Å². The van der Waals surface area contributed by atoms with E-state index in [-0.39, 0.29) is 30.5 Å². The molecule has 0 bridgehead atoms. The third-order valence-corrected chi connectivity index (χ3v) is 11.8. The van der Waals surface area contributed by atoms with Gasteiger partial charge in [-0.15, -0.1) is 12.3 Å². The Labute approximate surface area is 182 Å². The summed E-state index contributed by atoms with van der Waals surface area (Å²) in [7, 11) is -3.94. The van der Waals surface area contributed by atoms with Gasteiger partial charge >= 0.3 is 24.8 Å². The Kier molecular flexibility index (Phi) is 15.5. The van der Waals surface area contributed by atoms with E-state index in [1.54, 1.807) is 0 Å². The van der Waals surface area contributed by atoms with Crippen LogP contribution in [0.15, 0.2) is 0 Å². The van der Waals surface area contributed by atoms with Crippen LogP contribution in [0.4, 0.5) is 0 Å². The zero-order chi connectivity index (χ0) is 21.3. The first kappa shape index (κ1) is 31.7. The predicted molar refractivity (Wildman–Crippen MR) is 116 cm³/mol. The van der Waals surface area contributed by atoms with Crippen molar-refractivity contribution in [1.82, 2.24) is 0 Å². The molecule has 0 fully saturated rings. The van der Waals surface area contributed by atoms with Crippen LogP contribution in [0.2, 0.25) is 43.3 Å². The number of hydrogen-bond acceptors (Lipinski definition) is 3. The number of carboxylic acids is 1. The summed E-state index contributed by atoms with van der Waals surface area (Å²) in [6, 6.07) is 0. The Morgan fingerprint density at radius 2 is 1.63 bits per heavy atom. The molecule has 0 aliphatic heterocycles. The molecule has 0 saturated carbocycles. The van der Waals surface area contributed by atoms with Crippen molar-refractivity contribution in [2.75, 3.05) is 6.61 Å². The topological polar surface area (TPSA) is 66.8 Å². The number of rotatable bonds is 8. The predicted octanol–water partition coefficient (Wildman–Crippen LogP) is 2.04. The molecule has 0 aromatic rings. The van der Waals surface area contributed by atoms with Crippen molar-refractivity contribution < 1.29 is 38.3 Å². The SMILES string of the molecule is C#CC([C@H](C(=O)O)[C@@H](O)CO[Si](C)(C)C(C)(C)C)[Si](C)(C)C.[CH2-]CCC.[Li+]. The molecule has 1 unspecified atom stereocenters. The van der Waals surface area contributed by atoms with Crippen LogP contribution in [0, 0.1) is 25.2 Å². The minimum Gasteiger partial charge on any atom is -0.481 e. The van der Waals surface area contributed by atoms with Crippen LogP contribution in [-0.4, -0.2) is 45.3 Å². The van der Waals surface area contributed by atoms with Crippen molar-refractivity contribution in [3.05, 3.63) is 6.92 Å². The summed E-state index contributed by atoms with van der Waals surface area (Å²) in [5, 5.41) is 19.9. The van der Waals surface area contributed by atoms with Crippen LogP contribution in [0.25, 0.3) is 0 Å². The molecule has 7 heteroatoms. The fraction of sp³-hybridized carbons (Fsp3) is 0.800. The maximum atomic E-state index is 11.6. The Hall–Kier alpha value is -0.0188. The molecule has 0 aromatic heterocycles. The van der Waals surface area contributed by atoms with Crippen LogP contribution in [0.5, 0.6) is 0 Å². The average Bonchev–Trinajstić information content (AvgIpc) is 2.47. The summed E-state index contributed by atoms with van der Waals surface area (Å²) in [5.41, 5.74) is -0.428. The Morgan fingerprint density at radius 3 is 1.85 bits per heavy atom. The summed E-state index contributed by atoms with van der Waals surface area (Å²) >= 11 is 0. The fourth-order valence-corrected chi connectivity index (χ4v) is 5.00. The van der Waals surface area contributed by atoms with E-state index in [4.69, 9.17) is 10.8 Å². The quantitative estimate of drug-likeness (QED) is 0.366. The molecule has 0 saturated heterocycles. The average molecular weight is 409 g/mol. The first-order valence-corrected chi connectivity index (χ1v) is 15.9. The molecule has 0 rings (SSSR count). The molecule has 4 nitrogen and oxygen atoms in total. The van der Waals surface area contributed by atoms with Gasteiger partial charge in [0.2, 0.25) is 0 Å². The maximum absolute atomic E-state index is 11.6. The van der Waals surface area contributed by atoms with Gasteiger partial charge in [-0.2, -0.15) is 6.42 Å². The number of unbranched alkanes of at least 4 members (excludes halogenated alkanes) is 1. The van der Waals surface area contributed by atoms with Gasteiger partial charge in [-0.1, -0.05) is 53.8 Å². The molecule has 0 heterocycles.